The lowest BCUT2D eigenvalue weighted by atomic mass is 10.2. The normalized spacial score (nSPS) is 11.1. The van der Waals surface area contributed by atoms with Crippen LogP contribution in [0.25, 0.3) is 0 Å². The van der Waals surface area contributed by atoms with Crippen molar-refractivity contribution in [2.75, 3.05) is 0 Å². The van der Waals surface area contributed by atoms with Crippen molar-refractivity contribution in [1.82, 2.24) is 0 Å². The molecule has 1 nitrogen and oxygen atoms in total. The third-order valence-corrected chi connectivity index (χ3v) is 4.14. The summed E-state index contributed by atoms with van der Waals surface area (Å²) in [5, 5.41) is 9.43. The monoisotopic (exact) mass is 180 g/mol. The molecule has 1 aromatic rings. The zero-order chi connectivity index (χ0) is 8.81. The van der Waals surface area contributed by atoms with Gasteiger partial charge in [0.2, 0.25) is 0 Å². The number of phenols is 1. The van der Waals surface area contributed by atoms with E-state index in [2.05, 4.69) is 6.92 Å². The minimum atomic E-state index is 0.0316. The topological polar surface area (TPSA) is 20.2 Å². The Bertz CT molecular complexity index is 235. The van der Waals surface area contributed by atoms with Crippen molar-refractivity contribution < 1.29 is 5.11 Å². The van der Waals surface area contributed by atoms with Gasteiger partial charge in [-0.25, -0.2) is 0 Å². The van der Waals surface area contributed by atoms with E-state index in [1.165, 1.54) is 12.5 Å². The third-order valence-electron chi connectivity index (χ3n) is 2.04. The van der Waals surface area contributed by atoms with Crippen LogP contribution < -0.4 is 0 Å². The molecule has 0 bridgehead atoms. The molecule has 0 aliphatic rings. The Morgan fingerprint density at radius 2 is 2.08 bits per heavy atom. The lowest BCUT2D eigenvalue weighted by molar-refractivity contribution is 0.470. The maximum absolute atomic E-state index is 9.43. The number of phenolic OH excluding ortho intramolecular Hbond substituents is 1. The molecule has 0 radical (unpaired) electrons. The summed E-state index contributed by atoms with van der Waals surface area (Å²) in [7, 11) is 0.0316. The van der Waals surface area contributed by atoms with Crippen LogP contribution in [0.3, 0.4) is 0 Å². The zero-order valence-corrected chi connectivity index (χ0v) is 9.00. The van der Waals surface area contributed by atoms with E-state index in [-0.39, 0.29) is 9.52 Å². The second-order valence-corrected chi connectivity index (χ2v) is 5.00. The standard InChI is InChI=1S/C10H16OSi/c1-2-7-12-8-9-5-3-4-6-10(9)11/h3-6,11H,2,7-8,12H2,1H3. The van der Waals surface area contributed by atoms with Gasteiger partial charge in [-0.3, -0.25) is 0 Å². The Morgan fingerprint density at radius 1 is 1.33 bits per heavy atom. The molecular weight excluding hydrogens is 164 g/mol. The van der Waals surface area contributed by atoms with Gasteiger partial charge in [0.1, 0.15) is 5.75 Å². The van der Waals surface area contributed by atoms with Gasteiger partial charge in [0.25, 0.3) is 0 Å². The summed E-state index contributed by atoms with van der Waals surface area (Å²) in [6.45, 7) is 2.22. The van der Waals surface area contributed by atoms with Crippen LogP contribution in [0.15, 0.2) is 24.3 Å². The van der Waals surface area contributed by atoms with Crippen molar-refractivity contribution in [2.24, 2.45) is 0 Å². The quantitative estimate of drug-likeness (QED) is 0.554. The predicted octanol–water partition coefficient (Wildman–Crippen LogP) is 1.89. The maximum atomic E-state index is 9.43. The zero-order valence-electron chi connectivity index (χ0n) is 7.59. The fourth-order valence-electron chi connectivity index (χ4n) is 1.29. The number of benzene rings is 1. The van der Waals surface area contributed by atoms with Crippen LogP contribution in [0.1, 0.15) is 18.9 Å². The van der Waals surface area contributed by atoms with E-state index in [0.29, 0.717) is 5.75 Å². The second-order valence-electron chi connectivity index (χ2n) is 3.09. The minimum absolute atomic E-state index is 0.0316. The number of hydrogen-bond donors (Lipinski definition) is 1. The van der Waals surface area contributed by atoms with Crippen molar-refractivity contribution in [3.05, 3.63) is 29.8 Å². The van der Waals surface area contributed by atoms with Gasteiger partial charge in [-0.2, -0.15) is 0 Å². The van der Waals surface area contributed by atoms with Gasteiger partial charge in [-0.1, -0.05) is 37.6 Å². The first-order valence-electron chi connectivity index (χ1n) is 4.61. The van der Waals surface area contributed by atoms with Gasteiger partial charge in [0.15, 0.2) is 0 Å². The number of rotatable bonds is 4. The molecule has 0 aromatic heterocycles. The van der Waals surface area contributed by atoms with Gasteiger partial charge in [0.05, 0.1) is 0 Å². The highest BCUT2D eigenvalue weighted by atomic mass is 28.2. The summed E-state index contributed by atoms with van der Waals surface area (Å²) in [6, 6.07) is 10.2. The fraction of sp³-hybridized carbons (Fsp3) is 0.400. The summed E-state index contributed by atoms with van der Waals surface area (Å²) in [5.74, 6) is 0.473. The molecule has 0 aliphatic heterocycles. The molecular formula is C10H16OSi. The predicted molar refractivity (Wildman–Crippen MR) is 55.5 cm³/mol. The van der Waals surface area contributed by atoms with Gasteiger partial charge >= 0.3 is 0 Å². The average molecular weight is 180 g/mol. The van der Waals surface area contributed by atoms with Gasteiger partial charge in [-0.05, 0) is 17.7 Å². The van der Waals surface area contributed by atoms with E-state index in [1.807, 2.05) is 18.2 Å². The summed E-state index contributed by atoms with van der Waals surface area (Å²) in [4.78, 5) is 0. The van der Waals surface area contributed by atoms with Gasteiger partial charge < -0.3 is 5.11 Å². The van der Waals surface area contributed by atoms with Gasteiger partial charge in [-0.15, -0.1) is 0 Å². The van der Waals surface area contributed by atoms with Crippen molar-refractivity contribution >= 4 is 9.52 Å². The Kier molecular flexibility index (Phi) is 3.87. The molecule has 0 saturated heterocycles. The van der Waals surface area contributed by atoms with Crippen LogP contribution in [0, 0.1) is 0 Å². The van der Waals surface area contributed by atoms with Crippen LogP contribution in [0.5, 0.6) is 5.75 Å². The van der Waals surface area contributed by atoms with Crippen LogP contribution >= 0.6 is 0 Å². The lowest BCUT2D eigenvalue weighted by Gasteiger charge is -2.01. The molecule has 0 fully saturated rings. The summed E-state index contributed by atoms with van der Waals surface area (Å²) >= 11 is 0. The molecule has 0 aliphatic carbocycles. The van der Waals surface area contributed by atoms with E-state index in [1.54, 1.807) is 6.07 Å². The molecule has 1 aromatic carbocycles. The first-order chi connectivity index (χ1) is 5.84. The van der Waals surface area contributed by atoms with Crippen molar-refractivity contribution in [2.45, 2.75) is 25.4 Å². The molecule has 66 valence electrons. The fourth-order valence-corrected chi connectivity index (χ4v) is 2.84. The average Bonchev–Trinajstić information content (AvgIpc) is 2.09. The molecule has 1 N–H and O–H groups in total. The Balaban J connectivity index is 2.46. The SMILES string of the molecule is CCC[SiH2]Cc1ccccc1O. The van der Waals surface area contributed by atoms with Crippen LogP contribution in [-0.4, -0.2) is 14.6 Å². The molecule has 2 heteroatoms. The molecule has 0 amide bonds. The Hall–Kier alpha value is -0.763. The number of hydrogen-bond acceptors (Lipinski definition) is 1. The summed E-state index contributed by atoms with van der Waals surface area (Å²) in [5.41, 5.74) is 1.14. The van der Waals surface area contributed by atoms with E-state index in [9.17, 15) is 5.11 Å². The molecule has 1 rings (SSSR count). The summed E-state index contributed by atoms with van der Waals surface area (Å²) in [6.07, 6.45) is 1.29. The van der Waals surface area contributed by atoms with E-state index < -0.39 is 0 Å². The molecule has 0 unspecified atom stereocenters. The van der Waals surface area contributed by atoms with Crippen LogP contribution in [0.2, 0.25) is 6.04 Å². The lowest BCUT2D eigenvalue weighted by Crippen LogP contribution is -1.95. The van der Waals surface area contributed by atoms with E-state index >= 15 is 0 Å². The Morgan fingerprint density at radius 3 is 2.75 bits per heavy atom. The molecule has 0 spiro atoms. The molecule has 12 heavy (non-hydrogen) atoms. The second kappa shape index (κ2) is 4.98. The van der Waals surface area contributed by atoms with E-state index in [4.69, 9.17) is 0 Å². The van der Waals surface area contributed by atoms with Crippen molar-refractivity contribution in [1.29, 1.82) is 0 Å². The number of aromatic hydroxyl groups is 1. The van der Waals surface area contributed by atoms with Crippen LogP contribution in [0.4, 0.5) is 0 Å². The van der Waals surface area contributed by atoms with Crippen LogP contribution in [-0.2, 0) is 6.04 Å². The Labute approximate surface area is 76.3 Å². The highest BCUT2D eigenvalue weighted by molar-refractivity contribution is 6.34. The smallest absolute Gasteiger partial charge is 0.118 e. The highest BCUT2D eigenvalue weighted by Gasteiger charge is 1.97. The number of para-hydroxylation sites is 1. The maximum Gasteiger partial charge on any atom is 0.118 e. The van der Waals surface area contributed by atoms with Crippen molar-refractivity contribution in [3.8, 4) is 5.75 Å². The van der Waals surface area contributed by atoms with E-state index in [0.717, 1.165) is 11.6 Å². The van der Waals surface area contributed by atoms with Crippen molar-refractivity contribution in [3.63, 3.8) is 0 Å². The highest BCUT2D eigenvalue weighted by Crippen LogP contribution is 2.15. The first kappa shape index (κ1) is 9.33. The van der Waals surface area contributed by atoms with Gasteiger partial charge in [0, 0.05) is 9.52 Å². The molecule has 0 atom stereocenters. The third kappa shape index (κ3) is 2.70. The summed E-state index contributed by atoms with van der Waals surface area (Å²) < 4.78 is 0. The minimum Gasteiger partial charge on any atom is -0.508 e. The first-order valence-corrected chi connectivity index (χ1v) is 6.61. The molecule has 0 heterocycles. The molecule has 0 saturated carbocycles. The largest absolute Gasteiger partial charge is 0.508 e.